The highest BCUT2D eigenvalue weighted by molar-refractivity contribution is 14.1. The molecule has 0 bridgehead atoms. The molecule has 1 rings (SSSR count). The number of nitrogens with one attached hydrogen (secondary N) is 1. The third-order valence-electron chi connectivity index (χ3n) is 1.77. The molecule has 0 atom stereocenters. The summed E-state index contributed by atoms with van der Waals surface area (Å²) < 4.78 is 11.6. The molecule has 0 amide bonds. The van der Waals surface area contributed by atoms with Crippen LogP contribution in [0.15, 0.2) is 16.5 Å². The normalized spacial score (nSPS) is 10.7. The van der Waals surface area contributed by atoms with E-state index in [4.69, 9.17) is 9.15 Å². The van der Waals surface area contributed by atoms with E-state index in [0.29, 0.717) is 0 Å². The Balaban J connectivity index is 1.99. The Labute approximate surface area is 98.3 Å². The van der Waals surface area contributed by atoms with E-state index in [-0.39, 0.29) is 0 Å². The summed E-state index contributed by atoms with van der Waals surface area (Å²) in [5.41, 5.74) is 0. The fraction of sp³-hybridized carbons (Fsp3) is 0.600. The summed E-state index contributed by atoms with van der Waals surface area (Å²) in [5, 5.41) is 3.30. The van der Waals surface area contributed by atoms with E-state index in [2.05, 4.69) is 27.9 Å². The third-order valence-corrected chi connectivity index (χ3v) is 2.35. The molecule has 0 aliphatic heterocycles. The van der Waals surface area contributed by atoms with Gasteiger partial charge in [0, 0.05) is 13.2 Å². The van der Waals surface area contributed by atoms with Crippen LogP contribution < -0.4 is 5.32 Å². The lowest BCUT2D eigenvalue weighted by Gasteiger charge is -2.02. The first-order chi connectivity index (χ1) is 6.83. The monoisotopic (exact) mass is 309 g/mol. The molecule has 80 valence electrons. The van der Waals surface area contributed by atoms with E-state index in [1.54, 1.807) is 0 Å². The average molecular weight is 309 g/mol. The molecule has 0 fully saturated rings. The number of hydrogen-bond donors (Lipinski definition) is 1. The van der Waals surface area contributed by atoms with Gasteiger partial charge in [-0.25, -0.2) is 0 Å². The van der Waals surface area contributed by atoms with Crippen LogP contribution in [-0.2, 0) is 11.3 Å². The van der Waals surface area contributed by atoms with E-state index in [1.807, 2.05) is 19.1 Å². The molecule has 4 heteroatoms. The molecule has 3 nitrogen and oxygen atoms in total. The highest BCUT2D eigenvalue weighted by Crippen LogP contribution is 2.09. The molecule has 0 aliphatic rings. The van der Waals surface area contributed by atoms with Crippen molar-refractivity contribution in [1.29, 1.82) is 0 Å². The summed E-state index contributed by atoms with van der Waals surface area (Å²) in [6.07, 6.45) is 1.05. The van der Waals surface area contributed by atoms with Crippen molar-refractivity contribution in [3.63, 3.8) is 0 Å². The van der Waals surface area contributed by atoms with Crippen molar-refractivity contribution in [2.24, 2.45) is 0 Å². The summed E-state index contributed by atoms with van der Waals surface area (Å²) in [7, 11) is 0. The van der Waals surface area contributed by atoms with Gasteiger partial charge in [0.1, 0.15) is 5.76 Å². The number of rotatable bonds is 7. The molecule has 0 unspecified atom stereocenters. The van der Waals surface area contributed by atoms with Crippen molar-refractivity contribution in [2.75, 3.05) is 19.8 Å². The summed E-state index contributed by atoms with van der Waals surface area (Å²) in [6, 6.07) is 3.97. The van der Waals surface area contributed by atoms with Gasteiger partial charge in [-0.15, -0.1) is 0 Å². The van der Waals surface area contributed by atoms with Crippen molar-refractivity contribution >= 4 is 22.6 Å². The zero-order valence-electron chi connectivity index (χ0n) is 8.38. The molecule has 0 radical (unpaired) electrons. The van der Waals surface area contributed by atoms with Crippen molar-refractivity contribution in [3.05, 3.63) is 21.7 Å². The highest BCUT2D eigenvalue weighted by Gasteiger charge is 1.97. The van der Waals surface area contributed by atoms with Crippen LogP contribution >= 0.6 is 22.6 Å². The zero-order valence-corrected chi connectivity index (χ0v) is 10.5. The Hall–Kier alpha value is -0.0700. The molecule has 1 heterocycles. The van der Waals surface area contributed by atoms with Gasteiger partial charge in [-0.2, -0.15) is 0 Å². The van der Waals surface area contributed by atoms with Crippen molar-refractivity contribution in [3.8, 4) is 0 Å². The predicted octanol–water partition coefficient (Wildman–Crippen LogP) is 2.40. The van der Waals surface area contributed by atoms with Crippen LogP contribution in [0, 0.1) is 3.77 Å². The Morgan fingerprint density at radius 3 is 3.00 bits per heavy atom. The molecule has 0 spiro atoms. The fourth-order valence-corrected chi connectivity index (χ4v) is 1.56. The Kier molecular flexibility index (Phi) is 6.22. The van der Waals surface area contributed by atoms with Gasteiger partial charge in [0.15, 0.2) is 3.77 Å². The number of halogens is 1. The maximum Gasteiger partial charge on any atom is 0.164 e. The van der Waals surface area contributed by atoms with Crippen molar-refractivity contribution < 1.29 is 9.15 Å². The van der Waals surface area contributed by atoms with Gasteiger partial charge in [0.2, 0.25) is 0 Å². The van der Waals surface area contributed by atoms with Crippen LogP contribution in [0.5, 0.6) is 0 Å². The molecular formula is C10H16INO2. The first kappa shape index (κ1) is 12.0. The zero-order chi connectivity index (χ0) is 10.2. The lowest BCUT2D eigenvalue weighted by molar-refractivity contribution is 0.144. The lowest BCUT2D eigenvalue weighted by Crippen LogP contribution is -2.15. The first-order valence-corrected chi connectivity index (χ1v) is 5.93. The molecule has 1 aromatic rings. The summed E-state index contributed by atoms with van der Waals surface area (Å²) in [5.74, 6) is 0.991. The second-order valence-electron chi connectivity index (χ2n) is 2.93. The second-order valence-corrected chi connectivity index (χ2v) is 4.00. The van der Waals surface area contributed by atoms with Crippen LogP contribution in [0.2, 0.25) is 0 Å². The minimum Gasteiger partial charge on any atom is -0.454 e. The number of hydrogen-bond acceptors (Lipinski definition) is 3. The first-order valence-electron chi connectivity index (χ1n) is 4.85. The van der Waals surface area contributed by atoms with Crippen LogP contribution in [0.25, 0.3) is 0 Å². The van der Waals surface area contributed by atoms with Crippen LogP contribution in [0.4, 0.5) is 0 Å². The molecule has 0 saturated heterocycles. The Morgan fingerprint density at radius 2 is 2.36 bits per heavy atom. The van der Waals surface area contributed by atoms with Gasteiger partial charge in [-0.1, -0.05) is 0 Å². The third kappa shape index (κ3) is 4.97. The fourth-order valence-electron chi connectivity index (χ4n) is 1.10. The Bertz CT molecular complexity index is 250. The minimum absolute atomic E-state index is 0.801. The van der Waals surface area contributed by atoms with Gasteiger partial charge in [0.05, 0.1) is 6.54 Å². The molecule has 0 aromatic carbocycles. The molecule has 0 aliphatic carbocycles. The Morgan fingerprint density at radius 1 is 1.50 bits per heavy atom. The van der Waals surface area contributed by atoms with Crippen molar-refractivity contribution in [1.82, 2.24) is 5.32 Å². The smallest absolute Gasteiger partial charge is 0.164 e. The molecular weight excluding hydrogens is 293 g/mol. The van der Waals surface area contributed by atoms with Crippen LogP contribution in [-0.4, -0.2) is 19.8 Å². The largest absolute Gasteiger partial charge is 0.454 e. The summed E-state index contributed by atoms with van der Waals surface area (Å²) in [6.45, 7) is 5.42. The predicted molar refractivity (Wildman–Crippen MR) is 64.2 cm³/mol. The molecule has 1 aromatic heterocycles. The molecule has 0 saturated carbocycles. The van der Waals surface area contributed by atoms with Gasteiger partial charge in [-0.3, -0.25) is 0 Å². The van der Waals surface area contributed by atoms with Gasteiger partial charge < -0.3 is 14.5 Å². The number of ether oxygens (including phenoxy) is 1. The van der Waals surface area contributed by atoms with E-state index < -0.39 is 0 Å². The van der Waals surface area contributed by atoms with E-state index in [9.17, 15) is 0 Å². The second kappa shape index (κ2) is 7.25. The lowest BCUT2D eigenvalue weighted by atomic mass is 10.4. The maximum absolute atomic E-state index is 5.40. The standard InChI is InChI=1S/C10H16INO2/c1-2-13-7-3-6-12-8-9-4-5-10(11)14-9/h4-5,12H,2-3,6-8H2,1H3. The summed E-state index contributed by atoms with van der Waals surface area (Å²) in [4.78, 5) is 0. The molecule has 1 N–H and O–H groups in total. The maximum atomic E-state index is 5.40. The quantitative estimate of drug-likeness (QED) is 0.620. The SMILES string of the molecule is CCOCCCNCc1ccc(I)o1. The van der Waals surface area contributed by atoms with E-state index in [0.717, 1.165) is 42.3 Å². The van der Waals surface area contributed by atoms with Crippen molar-refractivity contribution in [2.45, 2.75) is 19.9 Å². The number of furan rings is 1. The average Bonchev–Trinajstić information content (AvgIpc) is 2.58. The molecule has 14 heavy (non-hydrogen) atoms. The highest BCUT2D eigenvalue weighted by atomic mass is 127. The van der Waals surface area contributed by atoms with Crippen LogP contribution in [0.3, 0.4) is 0 Å². The van der Waals surface area contributed by atoms with Gasteiger partial charge >= 0.3 is 0 Å². The summed E-state index contributed by atoms with van der Waals surface area (Å²) >= 11 is 2.17. The van der Waals surface area contributed by atoms with Gasteiger partial charge in [-0.05, 0) is 54.6 Å². The van der Waals surface area contributed by atoms with Crippen LogP contribution in [0.1, 0.15) is 19.1 Å². The minimum atomic E-state index is 0.801. The topological polar surface area (TPSA) is 34.4 Å². The van der Waals surface area contributed by atoms with Gasteiger partial charge in [0.25, 0.3) is 0 Å². The van der Waals surface area contributed by atoms with E-state index >= 15 is 0 Å². The van der Waals surface area contributed by atoms with E-state index in [1.165, 1.54) is 0 Å².